The number of hydrogen-bond acceptors (Lipinski definition) is 0. The summed E-state index contributed by atoms with van der Waals surface area (Å²) in [6, 6.07) is 3.05. The third-order valence-corrected chi connectivity index (χ3v) is 2.19. The van der Waals surface area contributed by atoms with E-state index in [4.69, 9.17) is 23.2 Å². The minimum absolute atomic E-state index is 0.100. The van der Waals surface area contributed by atoms with Crippen LogP contribution in [0.1, 0.15) is 19.4 Å². The minimum atomic E-state index is -0.347. The third-order valence-electron chi connectivity index (χ3n) is 1.70. The summed E-state index contributed by atoms with van der Waals surface area (Å²) >= 11 is 11.4. The maximum absolute atomic E-state index is 13.4. The van der Waals surface area contributed by atoms with E-state index in [1.807, 2.05) is 13.8 Å². The monoisotopic (exact) mass is 220 g/mol. The summed E-state index contributed by atoms with van der Waals surface area (Å²) in [5.41, 5.74) is 0.590. The smallest absolute Gasteiger partial charge is 0.145 e. The molecule has 1 aromatic rings. The summed E-state index contributed by atoms with van der Waals surface area (Å²) in [6.45, 7) is 4.04. The molecule has 0 aliphatic rings. The molecule has 0 saturated carbocycles. The topological polar surface area (TPSA) is 0 Å². The van der Waals surface area contributed by atoms with Gasteiger partial charge >= 0.3 is 0 Å². The molecule has 0 aliphatic heterocycles. The first-order chi connectivity index (χ1) is 6.00. The van der Waals surface area contributed by atoms with Crippen molar-refractivity contribution >= 4 is 23.2 Å². The molecule has 0 aliphatic carbocycles. The molecule has 0 bridgehead atoms. The second kappa shape index (κ2) is 4.30. The van der Waals surface area contributed by atoms with Crippen LogP contribution in [-0.4, -0.2) is 0 Å². The lowest BCUT2D eigenvalue weighted by Gasteiger charge is -2.07. The van der Waals surface area contributed by atoms with Gasteiger partial charge in [0.1, 0.15) is 5.82 Å². The Morgan fingerprint density at radius 2 is 1.92 bits per heavy atom. The highest BCUT2D eigenvalue weighted by Crippen LogP contribution is 2.25. The third kappa shape index (κ3) is 2.85. The Hall–Kier alpha value is -0.270. The molecule has 0 amide bonds. The van der Waals surface area contributed by atoms with Crippen LogP contribution >= 0.6 is 23.2 Å². The summed E-state index contributed by atoms with van der Waals surface area (Å²) in [7, 11) is 0. The van der Waals surface area contributed by atoms with Gasteiger partial charge in [0.25, 0.3) is 0 Å². The van der Waals surface area contributed by atoms with Crippen molar-refractivity contribution in [1.82, 2.24) is 0 Å². The van der Waals surface area contributed by atoms with Gasteiger partial charge in [0.2, 0.25) is 0 Å². The zero-order valence-corrected chi connectivity index (χ0v) is 9.08. The van der Waals surface area contributed by atoms with Crippen LogP contribution < -0.4 is 0 Å². The lowest BCUT2D eigenvalue weighted by molar-refractivity contribution is 0.574. The summed E-state index contributed by atoms with van der Waals surface area (Å²) in [4.78, 5) is 0. The molecule has 0 heterocycles. The number of halogens is 3. The maximum atomic E-state index is 13.4. The van der Waals surface area contributed by atoms with Crippen molar-refractivity contribution in [3.05, 3.63) is 33.6 Å². The molecule has 0 unspecified atom stereocenters. The quantitative estimate of drug-likeness (QED) is 0.652. The largest absolute Gasteiger partial charge is 0.205 e. The SMILES string of the molecule is CC(C)Cc1cc(Cl)cc(Cl)c1F. The molecule has 0 saturated heterocycles. The van der Waals surface area contributed by atoms with E-state index in [0.29, 0.717) is 22.9 Å². The van der Waals surface area contributed by atoms with Crippen LogP contribution in [0.3, 0.4) is 0 Å². The molecular formula is C10H11Cl2F. The summed E-state index contributed by atoms with van der Waals surface area (Å²) in [6.07, 6.45) is 0.659. The van der Waals surface area contributed by atoms with E-state index in [-0.39, 0.29) is 10.8 Å². The van der Waals surface area contributed by atoms with Crippen molar-refractivity contribution in [3.63, 3.8) is 0 Å². The van der Waals surface area contributed by atoms with Crippen LogP contribution in [0.4, 0.5) is 4.39 Å². The fourth-order valence-electron chi connectivity index (χ4n) is 1.20. The Kier molecular flexibility index (Phi) is 3.57. The van der Waals surface area contributed by atoms with Gasteiger partial charge in [-0.2, -0.15) is 0 Å². The average Bonchev–Trinajstić information content (AvgIpc) is 1.98. The Labute approximate surface area is 87.7 Å². The molecule has 1 rings (SSSR count). The molecule has 0 fully saturated rings. The zero-order valence-electron chi connectivity index (χ0n) is 7.57. The zero-order chi connectivity index (χ0) is 10.0. The van der Waals surface area contributed by atoms with Gasteiger partial charge in [0.05, 0.1) is 5.02 Å². The molecular weight excluding hydrogens is 210 g/mol. The van der Waals surface area contributed by atoms with Crippen molar-refractivity contribution in [3.8, 4) is 0 Å². The molecule has 13 heavy (non-hydrogen) atoms. The molecule has 0 N–H and O–H groups in total. The van der Waals surface area contributed by atoms with E-state index in [1.165, 1.54) is 6.07 Å². The lowest BCUT2D eigenvalue weighted by atomic mass is 10.0. The first-order valence-corrected chi connectivity index (χ1v) is 4.89. The molecule has 0 aromatic heterocycles. The first-order valence-electron chi connectivity index (χ1n) is 4.14. The van der Waals surface area contributed by atoms with Gasteiger partial charge < -0.3 is 0 Å². The van der Waals surface area contributed by atoms with Crippen LogP contribution in [0, 0.1) is 11.7 Å². The van der Waals surface area contributed by atoms with Crippen LogP contribution in [0.15, 0.2) is 12.1 Å². The van der Waals surface area contributed by atoms with E-state index in [0.717, 1.165) is 0 Å². The molecule has 1 aromatic carbocycles. The number of benzene rings is 1. The van der Waals surface area contributed by atoms with E-state index < -0.39 is 0 Å². The first kappa shape index (κ1) is 10.8. The normalized spacial score (nSPS) is 10.9. The molecule has 0 nitrogen and oxygen atoms in total. The predicted octanol–water partition coefficient (Wildman–Crippen LogP) is 4.33. The number of rotatable bonds is 2. The van der Waals surface area contributed by atoms with Crippen LogP contribution in [0.2, 0.25) is 10.0 Å². The van der Waals surface area contributed by atoms with Gasteiger partial charge in [-0.15, -0.1) is 0 Å². The molecule has 3 heteroatoms. The molecule has 0 radical (unpaired) electrons. The fourth-order valence-corrected chi connectivity index (χ4v) is 1.73. The Morgan fingerprint density at radius 1 is 1.31 bits per heavy atom. The molecule has 0 spiro atoms. The summed E-state index contributed by atoms with van der Waals surface area (Å²) < 4.78 is 13.4. The van der Waals surface area contributed by atoms with Gasteiger partial charge in [-0.3, -0.25) is 0 Å². The van der Waals surface area contributed by atoms with Crippen LogP contribution in [0.5, 0.6) is 0 Å². The standard InChI is InChI=1S/C10H11Cl2F/c1-6(2)3-7-4-8(11)5-9(12)10(7)13/h4-6H,3H2,1-2H3. The van der Waals surface area contributed by atoms with Crippen LogP contribution in [0.25, 0.3) is 0 Å². The predicted molar refractivity (Wildman–Crippen MR) is 55.0 cm³/mol. The van der Waals surface area contributed by atoms with Gasteiger partial charge in [-0.1, -0.05) is 37.0 Å². The highest BCUT2D eigenvalue weighted by atomic mass is 35.5. The molecule has 72 valence electrons. The van der Waals surface area contributed by atoms with Crippen molar-refractivity contribution < 1.29 is 4.39 Å². The van der Waals surface area contributed by atoms with Gasteiger partial charge in [-0.25, -0.2) is 4.39 Å². The van der Waals surface area contributed by atoms with E-state index in [9.17, 15) is 4.39 Å². The summed E-state index contributed by atoms with van der Waals surface area (Å²) in [5.74, 6) is 0.0452. The van der Waals surface area contributed by atoms with Gasteiger partial charge in [-0.05, 0) is 30.0 Å². The Bertz CT molecular complexity index is 308. The molecule has 0 atom stereocenters. The van der Waals surface area contributed by atoms with Gasteiger partial charge in [0, 0.05) is 5.02 Å². The second-order valence-corrected chi connectivity index (χ2v) is 4.30. The van der Waals surface area contributed by atoms with Crippen molar-refractivity contribution in [2.24, 2.45) is 5.92 Å². The lowest BCUT2D eigenvalue weighted by Crippen LogP contribution is -1.98. The Morgan fingerprint density at radius 3 is 2.46 bits per heavy atom. The second-order valence-electron chi connectivity index (χ2n) is 3.46. The van der Waals surface area contributed by atoms with Crippen molar-refractivity contribution in [1.29, 1.82) is 0 Å². The highest BCUT2D eigenvalue weighted by molar-refractivity contribution is 6.34. The summed E-state index contributed by atoms with van der Waals surface area (Å²) in [5, 5.41) is 0.588. The number of hydrogen-bond donors (Lipinski definition) is 0. The minimum Gasteiger partial charge on any atom is -0.205 e. The van der Waals surface area contributed by atoms with E-state index in [1.54, 1.807) is 6.07 Å². The van der Waals surface area contributed by atoms with E-state index in [2.05, 4.69) is 0 Å². The van der Waals surface area contributed by atoms with Gasteiger partial charge in [0.15, 0.2) is 0 Å². The van der Waals surface area contributed by atoms with Crippen LogP contribution in [-0.2, 0) is 6.42 Å². The average molecular weight is 221 g/mol. The maximum Gasteiger partial charge on any atom is 0.145 e. The van der Waals surface area contributed by atoms with Crippen molar-refractivity contribution in [2.75, 3.05) is 0 Å². The van der Waals surface area contributed by atoms with E-state index >= 15 is 0 Å². The Balaban J connectivity index is 3.05. The van der Waals surface area contributed by atoms with Crippen molar-refractivity contribution in [2.45, 2.75) is 20.3 Å². The fraction of sp³-hybridized carbons (Fsp3) is 0.400. The highest BCUT2D eigenvalue weighted by Gasteiger charge is 2.09.